The van der Waals surface area contributed by atoms with Gasteiger partial charge in [-0.1, -0.05) is 18.2 Å². The van der Waals surface area contributed by atoms with Crippen LogP contribution in [-0.2, 0) is 22.3 Å². The van der Waals surface area contributed by atoms with Crippen molar-refractivity contribution in [3.63, 3.8) is 0 Å². The molecule has 140 valence electrons. The molecule has 2 rings (SSSR count). The fourth-order valence-electron chi connectivity index (χ4n) is 2.76. The van der Waals surface area contributed by atoms with Crippen molar-refractivity contribution in [3.05, 3.63) is 35.4 Å². The molecule has 0 unspecified atom stereocenters. The van der Waals surface area contributed by atoms with Crippen molar-refractivity contribution >= 4 is 5.91 Å². The predicted octanol–water partition coefficient (Wildman–Crippen LogP) is 1.59. The maximum Gasteiger partial charge on any atom is 0.416 e. The van der Waals surface area contributed by atoms with Crippen LogP contribution in [0.4, 0.5) is 13.2 Å². The van der Waals surface area contributed by atoms with Gasteiger partial charge in [0.05, 0.1) is 18.7 Å². The second kappa shape index (κ2) is 9.17. The molecule has 1 N–H and O–H groups in total. The molecule has 1 heterocycles. The summed E-state index contributed by atoms with van der Waals surface area (Å²) in [5.74, 6) is -0.0385. The van der Waals surface area contributed by atoms with Gasteiger partial charge in [-0.15, -0.1) is 0 Å². The number of carbonyl (C=O) groups excluding carboxylic acids is 1. The Labute approximate surface area is 145 Å². The summed E-state index contributed by atoms with van der Waals surface area (Å²) in [4.78, 5) is 15.9. The number of hydrogen-bond acceptors (Lipinski definition) is 4. The first-order valence-corrected chi connectivity index (χ1v) is 8.25. The fourth-order valence-corrected chi connectivity index (χ4v) is 2.76. The summed E-state index contributed by atoms with van der Waals surface area (Å²) in [7, 11) is 1.58. The molecule has 0 spiro atoms. The lowest BCUT2D eigenvalue weighted by molar-refractivity contribution is -0.137. The third-order valence-corrected chi connectivity index (χ3v) is 4.12. The number of carbonyl (C=O) groups is 1. The number of methoxy groups -OCH3 is 1. The van der Waals surface area contributed by atoms with Gasteiger partial charge >= 0.3 is 6.18 Å². The molecular weight excluding hydrogens is 335 g/mol. The number of piperazine rings is 1. The molecule has 0 aromatic heterocycles. The van der Waals surface area contributed by atoms with Crippen molar-refractivity contribution in [2.24, 2.45) is 0 Å². The van der Waals surface area contributed by atoms with Crippen LogP contribution in [0.5, 0.6) is 0 Å². The number of halogens is 3. The SMILES string of the molecule is COCCNC(=O)CN1CCN(Cc2cccc(C(F)(F)F)c2)CC1. The first-order valence-electron chi connectivity index (χ1n) is 8.25. The number of amides is 1. The Balaban J connectivity index is 1.76. The molecule has 0 saturated carbocycles. The van der Waals surface area contributed by atoms with Gasteiger partial charge in [-0.25, -0.2) is 0 Å². The molecule has 1 aliphatic heterocycles. The average molecular weight is 359 g/mol. The lowest BCUT2D eigenvalue weighted by atomic mass is 10.1. The van der Waals surface area contributed by atoms with Gasteiger partial charge in [-0.05, 0) is 11.6 Å². The molecule has 5 nitrogen and oxygen atoms in total. The van der Waals surface area contributed by atoms with Crippen LogP contribution >= 0.6 is 0 Å². The molecule has 1 amide bonds. The highest BCUT2D eigenvalue weighted by Gasteiger charge is 2.30. The number of nitrogens with zero attached hydrogens (tertiary/aromatic N) is 2. The first kappa shape index (κ1) is 19.7. The van der Waals surface area contributed by atoms with Crippen molar-refractivity contribution in [2.75, 3.05) is 53.0 Å². The van der Waals surface area contributed by atoms with Crippen LogP contribution in [0.2, 0.25) is 0 Å². The van der Waals surface area contributed by atoms with E-state index in [1.54, 1.807) is 13.2 Å². The van der Waals surface area contributed by atoms with Crippen molar-refractivity contribution in [3.8, 4) is 0 Å². The number of benzene rings is 1. The number of rotatable bonds is 7. The number of hydrogen-bond donors (Lipinski definition) is 1. The van der Waals surface area contributed by atoms with Crippen LogP contribution in [0.25, 0.3) is 0 Å². The third kappa shape index (κ3) is 6.64. The van der Waals surface area contributed by atoms with Crippen LogP contribution in [0.3, 0.4) is 0 Å². The Bertz CT molecular complexity index is 558. The van der Waals surface area contributed by atoms with Crippen LogP contribution in [0, 0.1) is 0 Å². The summed E-state index contributed by atoms with van der Waals surface area (Å²) in [6, 6.07) is 5.45. The van der Waals surface area contributed by atoms with E-state index < -0.39 is 11.7 Å². The Morgan fingerprint density at radius 3 is 2.52 bits per heavy atom. The molecule has 0 bridgehead atoms. The highest BCUT2D eigenvalue weighted by atomic mass is 19.4. The van der Waals surface area contributed by atoms with Crippen molar-refractivity contribution in [2.45, 2.75) is 12.7 Å². The Morgan fingerprint density at radius 1 is 1.20 bits per heavy atom. The molecule has 0 atom stereocenters. The zero-order chi connectivity index (χ0) is 18.3. The van der Waals surface area contributed by atoms with E-state index in [4.69, 9.17) is 4.74 Å². The molecule has 0 aliphatic carbocycles. The minimum absolute atomic E-state index is 0.0385. The van der Waals surface area contributed by atoms with Crippen molar-refractivity contribution in [1.82, 2.24) is 15.1 Å². The van der Waals surface area contributed by atoms with Gasteiger partial charge in [-0.3, -0.25) is 14.6 Å². The molecule has 1 fully saturated rings. The van der Waals surface area contributed by atoms with Crippen LogP contribution in [0.1, 0.15) is 11.1 Å². The van der Waals surface area contributed by atoms with Gasteiger partial charge in [0, 0.05) is 46.4 Å². The summed E-state index contributed by atoms with van der Waals surface area (Å²) in [6.45, 7) is 4.68. The molecule has 1 aromatic rings. The molecule has 25 heavy (non-hydrogen) atoms. The van der Waals surface area contributed by atoms with Gasteiger partial charge in [0.2, 0.25) is 5.91 Å². The standard InChI is InChI=1S/C17H24F3N3O2/c1-25-10-5-21-16(24)13-23-8-6-22(7-9-23)12-14-3-2-4-15(11-14)17(18,19)20/h2-4,11H,5-10,12-13H2,1H3,(H,21,24). The molecular formula is C17H24F3N3O2. The topological polar surface area (TPSA) is 44.8 Å². The maximum absolute atomic E-state index is 12.8. The normalized spacial score (nSPS) is 16.8. The largest absolute Gasteiger partial charge is 0.416 e. The Morgan fingerprint density at radius 2 is 1.88 bits per heavy atom. The van der Waals surface area contributed by atoms with Crippen LogP contribution < -0.4 is 5.32 Å². The molecule has 1 aromatic carbocycles. The quantitative estimate of drug-likeness (QED) is 0.751. The zero-order valence-electron chi connectivity index (χ0n) is 14.3. The molecule has 1 saturated heterocycles. The highest BCUT2D eigenvalue weighted by Crippen LogP contribution is 2.29. The van der Waals surface area contributed by atoms with Crippen LogP contribution in [0.15, 0.2) is 24.3 Å². The second-order valence-electron chi connectivity index (χ2n) is 6.09. The Hall–Kier alpha value is -1.64. The lowest BCUT2D eigenvalue weighted by Gasteiger charge is -2.34. The van der Waals surface area contributed by atoms with Gasteiger partial charge in [0.25, 0.3) is 0 Å². The van der Waals surface area contributed by atoms with Gasteiger partial charge < -0.3 is 10.1 Å². The number of nitrogens with one attached hydrogen (secondary N) is 1. The first-order chi connectivity index (χ1) is 11.9. The average Bonchev–Trinajstić information content (AvgIpc) is 2.56. The van der Waals surface area contributed by atoms with E-state index in [1.165, 1.54) is 12.1 Å². The monoisotopic (exact) mass is 359 g/mol. The van der Waals surface area contributed by atoms with Gasteiger partial charge in [0.1, 0.15) is 0 Å². The summed E-state index contributed by atoms with van der Waals surface area (Å²) in [6.07, 6.45) is -4.31. The predicted molar refractivity (Wildman–Crippen MR) is 88.0 cm³/mol. The van der Waals surface area contributed by atoms with E-state index in [-0.39, 0.29) is 5.91 Å². The second-order valence-corrected chi connectivity index (χ2v) is 6.09. The Kier molecular flexibility index (Phi) is 7.22. The molecule has 8 heteroatoms. The highest BCUT2D eigenvalue weighted by molar-refractivity contribution is 5.77. The summed E-state index contributed by atoms with van der Waals surface area (Å²) >= 11 is 0. The van der Waals surface area contributed by atoms with Crippen molar-refractivity contribution < 1.29 is 22.7 Å². The third-order valence-electron chi connectivity index (χ3n) is 4.12. The van der Waals surface area contributed by atoms with Gasteiger partial charge in [0.15, 0.2) is 0 Å². The summed E-state index contributed by atoms with van der Waals surface area (Å²) < 4.78 is 43.2. The zero-order valence-corrected chi connectivity index (χ0v) is 14.3. The van der Waals surface area contributed by atoms with Gasteiger partial charge in [-0.2, -0.15) is 13.2 Å². The minimum Gasteiger partial charge on any atom is -0.383 e. The van der Waals surface area contributed by atoms with E-state index in [9.17, 15) is 18.0 Å². The van der Waals surface area contributed by atoms with E-state index in [1.807, 2.05) is 4.90 Å². The van der Waals surface area contributed by atoms with Crippen LogP contribution in [-0.4, -0.2) is 68.7 Å². The molecule has 1 aliphatic rings. The summed E-state index contributed by atoms with van der Waals surface area (Å²) in [5.41, 5.74) is 0.0388. The lowest BCUT2D eigenvalue weighted by Crippen LogP contribution is -2.49. The van der Waals surface area contributed by atoms with E-state index in [0.29, 0.717) is 31.8 Å². The van der Waals surface area contributed by atoms with E-state index in [2.05, 4.69) is 10.2 Å². The van der Waals surface area contributed by atoms with Crippen molar-refractivity contribution in [1.29, 1.82) is 0 Å². The maximum atomic E-state index is 12.8. The molecule has 0 radical (unpaired) electrons. The van der Waals surface area contributed by atoms with E-state index >= 15 is 0 Å². The van der Waals surface area contributed by atoms with E-state index in [0.717, 1.165) is 32.2 Å². The number of alkyl halides is 3. The number of ether oxygens (including phenoxy) is 1. The fraction of sp³-hybridized carbons (Fsp3) is 0.588. The minimum atomic E-state index is -4.31. The smallest absolute Gasteiger partial charge is 0.383 e. The summed E-state index contributed by atoms with van der Waals surface area (Å²) in [5, 5.41) is 2.78.